The first-order chi connectivity index (χ1) is 9.52. The Hall–Kier alpha value is -2.76. The molecule has 0 amide bonds. The average Bonchev–Trinajstić information content (AvgIpc) is 2.85. The number of aromatic nitrogens is 4. The van der Waals surface area contributed by atoms with Crippen LogP contribution in [0.1, 0.15) is 23.1 Å². The van der Waals surface area contributed by atoms with Gasteiger partial charge in [0.25, 0.3) is 0 Å². The number of carboxylic acids is 1. The smallest absolute Gasteiger partial charge is 0.356 e. The summed E-state index contributed by atoms with van der Waals surface area (Å²) in [5.74, 6) is -1.09. The van der Waals surface area contributed by atoms with Gasteiger partial charge in [-0.3, -0.25) is 9.97 Å². The van der Waals surface area contributed by atoms with Crippen molar-refractivity contribution in [2.75, 3.05) is 0 Å². The van der Waals surface area contributed by atoms with Crippen molar-refractivity contribution < 1.29 is 9.90 Å². The maximum Gasteiger partial charge on any atom is 0.356 e. The van der Waals surface area contributed by atoms with Crippen molar-refractivity contribution in [1.82, 2.24) is 19.7 Å². The minimum atomic E-state index is -1.09. The van der Waals surface area contributed by atoms with E-state index in [4.69, 9.17) is 5.11 Å². The molecule has 102 valence electrons. The molecule has 0 aliphatic heterocycles. The van der Waals surface area contributed by atoms with Crippen LogP contribution in [0.2, 0.25) is 0 Å². The molecule has 0 fully saturated rings. The van der Waals surface area contributed by atoms with Crippen LogP contribution in [0, 0.1) is 6.92 Å². The highest BCUT2D eigenvalue weighted by atomic mass is 16.4. The maximum atomic E-state index is 11.1. The minimum absolute atomic E-state index is 0.0424. The first-order valence-electron chi connectivity index (χ1n) is 5.95. The van der Waals surface area contributed by atoms with Gasteiger partial charge in [-0.1, -0.05) is 12.7 Å². The van der Waals surface area contributed by atoms with Gasteiger partial charge in [-0.15, -0.1) is 0 Å². The van der Waals surface area contributed by atoms with Gasteiger partial charge in [-0.25, -0.2) is 9.48 Å². The fourth-order valence-electron chi connectivity index (χ4n) is 1.70. The molecule has 2 aromatic rings. The summed E-state index contributed by atoms with van der Waals surface area (Å²) in [6.07, 6.45) is 6.57. The quantitative estimate of drug-likeness (QED) is 0.863. The number of carboxylic acid groups (broad SMARTS) is 1. The molecule has 0 aromatic carbocycles. The summed E-state index contributed by atoms with van der Waals surface area (Å²) in [6, 6.07) is 1.47. The van der Waals surface area contributed by atoms with E-state index in [1.54, 1.807) is 24.5 Å². The van der Waals surface area contributed by atoms with E-state index in [1.807, 2.05) is 13.8 Å². The molecule has 6 heteroatoms. The molecule has 0 aliphatic carbocycles. The Kier molecular flexibility index (Phi) is 3.74. The van der Waals surface area contributed by atoms with Crippen molar-refractivity contribution in [3.63, 3.8) is 0 Å². The number of rotatable bonds is 4. The standard InChI is InChI=1S/C14H14N4O2/c1-4-5-10(3)18-13(6-11(17-18)14(19)20)12-8-15-9(2)7-16-12/h4-8H,1H2,2-3H3,(H,19,20)/b10-5+. The number of allylic oxidation sites excluding steroid dienone is 3. The van der Waals surface area contributed by atoms with Gasteiger partial charge >= 0.3 is 5.97 Å². The van der Waals surface area contributed by atoms with Crippen LogP contribution in [0.15, 0.2) is 37.2 Å². The largest absolute Gasteiger partial charge is 0.476 e. The molecule has 6 nitrogen and oxygen atoms in total. The van der Waals surface area contributed by atoms with Gasteiger partial charge in [-0.2, -0.15) is 5.10 Å². The summed E-state index contributed by atoms with van der Waals surface area (Å²) >= 11 is 0. The first-order valence-corrected chi connectivity index (χ1v) is 5.95. The predicted octanol–water partition coefficient (Wildman–Crippen LogP) is 2.39. The Labute approximate surface area is 116 Å². The highest BCUT2D eigenvalue weighted by molar-refractivity contribution is 5.87. The van der Waals surface area contributed by atoms with E-state index in [0.717, 1.165) is 11.4 Å². The van der Waals surface area contributed by atoms with Crippen LogP contribution < -0.4 is 0 Å². The zero-order valence-electron chi connectivity index (χ0n) is 11.2. The van der Waals surface area contributed by atoms with E-state index in [9.17, 15) is 4.79 Å². The number of hydrogen-bond acceptors (Lipinski definition) is 4. The SMILES string of the molecule is C=C/C=C(\C)n1nc(C(=O)O)cc1-c1cnc(C)cn1. The molecule has 2 rings (SSSR count). The van der Waals surface area contributed by atoms with E-state index in [1.165, 1.54) is 10.7 Å². The highest BCUT2D eigenvalue weighted by Gasteiger charge is 2.16. The van der Waals surface area contributed by atoms with E-state index in [2.05, 4.69) is 21.6 Å². The Bertz CT molecular complexity index is 684. The molecule has 0 saturated heterocycles. The van der Waals surface area contributed by atoms with Crippen molar-refractivity contribution in [3.05, 3.63) is 48.6 Å². The molecule has 2 aromatic heterocycles. The van der Waals surface area contributed by atoms with Crippen molar-refractivity contribution >= 4 is 11.7 Å². The Morgan fingerprint density at radius 2 is 2.15 bits per heavy atom. The molecule has 0 radical (unpaired) electrons. The lowest BCUT2D eigenvalue weighted by molar-refractivity contribution is 0.0690. The van der Waals surface area contributed by atoms with Gasteiger partial charge in [0.05, 0.1) is 17.6 Å². The Balaban J connectivity index is 2.61. The molecule has 0 aliphatic rings. The fourth-order valence-corrected chi connectivity index (χ4v) is 1.70. The van der Waals surface area contributed by atoms with Gasteiger partial charge in [0.1, 0.15) is 5.69 Å². The number of aryl methyl sites for hydroxylation is 1. The second kappa shape index (κ2) is 5.48. The Morgan fingerprint density at radius 1 is 1.40 bits per heavy atom. The maximum absolute atomic E-state index is 11.1. The first kappa shape index (κ1) is 13.7. The lowest BCUT2D eigenvalue weighted by atomic mass is 10.2. The summed E-state index contributed by atoms with van der Waals surface area (Å²) in [7, 11) is 0. The van der Waals surface area contributed by atoms with Crippen LogP contribution in [0.3, 0.4) is 0 Å². The molecule has 0 saturated carbocycles. The minimum Gasteiger partial charge on any atom is -0.476 e. The zero-order valence-corrected chi connectivity index (χ0v) is 11.2. The lowest BCUT2D eigenvalue weighted by Crippen LogP contribution is -2.02. The van der Waals surface area contributed by atoms with Crippen LogP contribution in [-0.4, -0.2) is 30.8 Å². The average molecular weight is 270 g/mol. The number of nitrogens with zero attached hydrogens (tertiary/aromatic N) is 4. The van der Waals surface area contributed by atoms with E-state index < -0.39 is 5.97 Å². The second-order valence-electron chi connectivity index (χ2n) is 4.22. The third-order valence-corrected chi connectivity index (χ3v) is 2.66. The predicted molar refractivity (Wildman–Crippen MR) is 75.1 cm³/mol. The van der Waals surface area contributed by atoms with Crippen LogP contribution in [-0.2, 0) is 0 Å². The molecule has 0 atom stereocenters. The summed E-state index contributed by atoms with van der Waals surface area (Å²) in [5.41, 5.74) is 2.62. The summed E-state index contributed by atoms with van der Waals surface area (Å²) in [6.45, 7) is 7.26. The highest BCUT2D eigenvalue weighted by Crippen LogP contribution is 2.21. The topological polar surface area (TPSA) is 80.9 Å². The monoisotopic (exact) mass is 270 g/mol. The van der Waals surface area contributed by atoms with Crippen LogP contribution >= 0.6 is 0 Å². The summed E-state index contributed by atoms with van der Waals surface area (Å²) in [4.78, 5) is 19.5. The van der Waals surface area contributed by atoms with Gasteiger partial charge in [-0.05, 0) is 19.9 Å². The molecule has 2 heterocycles. The van der Waals surface area contributed by atoms with Gasteiger partial charge in [0, 0.05) is 18.0 Å². The molecular formula is C14H14N4O2. The van der Waals surface area contributed by atoms with E-state index >= 15 is 0 Å². The van der Waals surface area contributed by atoms with E-state index in [0.29, 0.717) is 11.4 Å². The molecule has 0 unspecified atom stereocenters. The lowest BCUT2D eigenvalue weighted by Gasteiger charge is -2.06. The van der Waals surface area contributed by atoms with Crippen molar-refractivity contribution in [1.29, 1.82) is 0 Å². The zero-order chi connectivity index (χ0) is 14.7. The summed E-state index contributed by atoms with van der Waals surface area (Å²) in [5, 5.41) is 13.1. The van der Waals surface area contributed by atoms with Crippen LogP contribution in [0.4, 0.5) is 0 Å². The van der Waals surface area contributed by atoms with Gasteiger partial charge < -0.3 is 5.11 Å². The molecular weight excluding hydrogens is 256 g/mol. The van der Waals surface area contributed by atoms with Crippen molar-refractivity contribution in [2.45, 2.75) is 13.8 Å². The number of carbonyl (C=O) groups is 1. The normalized spacial score (nSPS) is 11.4. The molecule has 20 heavy (non-hydrogen) atoms. The van der Waals surface area contributed by atoms with Crippen molar-refractivity contribution in [2.24, 2.45) is 0 Å². The van der Waals surface area contributed by atoms with Gasteiger partial charge in [0.2, 0.25) is 0 Å². The van der Waals surface area contributed by atoms with Crippen molar-refractivity contribution in [3.8, 4) is 11.4 Å². The molecule has 0 bridgehead atoms. The van der Waals surface area contributed by atoms with Gasteiger partial charge in [0.15, 0.2) is 5.69 Å². The van der Waals surface area contributed by atoms with E-state index in [-0.39, 0.29) is 5.69 Å². The van der Waals surface area contributed by atoms with Crippen LogP contribution in [0.25, 0.3) is 17.1 Å². The number of aromatic carboxylic acids is 1. The summed E-state index contributed by atoms with van der Waals surface area (Å²) < 4.78 is 1.52. The molecule has 1 N–H and O–H groups in total. The second-order valence-corrected chi connectivity index (χ2v) is 4.22. The Morgan fingerprint density at radius 3 is 2.70 bits per heavy atom. The number of hydrogen-bond donors (Lipinski definition) is 1. The third-order valence-electron chi connectivity index (χ3n) is 2.66. The van der Waals surface area contributed by atoms with Crippen LogP contribution in [0.5, 0.6) is 0 Å². The third kappa shape index (κ3) is 2.64. The fraction of sp³-hybridized carbons (Fsp3) is 0.143. The molecule has 0 spiro atoms.